The summed E-state index contributed by atoms with van der Waals surface area (Å²) in [4.78, 5) is 23.2. The fourth-order valence-electron chi connectivity index (χ4n) is 1.41. The van der Waals surface area contributed by atoms with Gasteiger partial charge in [0, 0.05) is 17.1 Å². The smallest absolute Gasteiger partial charge is 0.252 e. The van der Waals surface area contributed by atoms with Crippen molar-refractivity contribution < 1.29 is 9.59 Å². The van der Waals surface area contributed by atoms with Crippen molar-refractivity contribution >= 4 is 27.7 Å². The number of amides is 2. The molecule has 0 aromatic heterocycles. The number of nitrogens with one attached hydrogen (secondary N) is 2. The Balaban J connectivity index is 2.84. The number of carbonyl (C=O) groups excluding carboxylic acids is 2. The molecule has 0 saturated carbocycles. The summed E-state index contributed by atoms with van der Waals surface area (Å²) in [7, 11) is 1.54. The predicted molar refractivity (Wildman–Crippen MR) is 69.9 cm³/mol. The van der Waals surface area contributed by atoms with Crippen molar-refractivity contribution in [2.45, 2.75) is 19.9 Å². The summed E-state index contributed by atoms with van der Waals surface area (Å²) in [5.41, 5.74) is 1.42. The molecule has 1 rings (SSSR count). The fourth-order valence-corrected chi connectivity index (χ4v) is 1.78. The van der Waals surface area contributed by atoms with Gasteiger partial charge in [-0.25, -0.2) is 0 Å². The summed E-state index contributed by atoms with van der Waals surface area (Å²) in [5, 5.41) is 5.13. The zero-order valence-corrected chi connectivity index (χ0v) is 11.6. The maximum Gasteiger partial charge on any atom is 0.252 e. The van der Waals surface area contributed by atoms with E-state index in [2.05, 4.69) is 26.6 Å². The van der Waals surface area contributed by atoms with Gasteiger partial charge in [0.25, 0.3) is 5.91 Å². The molecule has 92 valence electrons. The van der Waals surface area contributed by atoms with Crippen LogP contribution in [0.3, 0.4) is 0 Å². The van der Waals surface area contributed by atoms with Crippen LogP contribution in [0.5, 0.6) is 0 Å². The molecule has 1 aromatic carbocycles. The van der Waals surface area contributed by atoms with E-state index in [4.69, 9.17) is 0 Å². The molecular weight excluding hydrogens is 284 g/mol. The van der Waals surface area contributed by atoms with Crippen LogP contribution in [0.4, 0.5) is 0 Å². The monoisotopic (exact) mass is 298 g/mol. The lowest BCUT2D eigenvalue weighted by Gasteiger charge is -2.13. The van der Waals surface area contributed by atoms with Crippen LogP contribution in [-0.4, -0.2) is 24.9 Å². The van der Waals surface area contributed by atoms with Crippen molar-refractivity contribution in [3.8, 4) is 0 Å². The van der Waals surface area contributed by atoms with Crippen molar-refractivity contribution in [3.05, 3.63) is 33.8 Å². The van der Waals surface area contributed by atoms with E-state index in [0.717, 1.165) is 10.0 Å². The number of hydrogen-bond acceptors (Lipinski definition) is 2. The topological polar surface area (TPSA) is 58.2 Å². The lowest BCUT2D eigenvalue weighted by atomic mass is 10.1. The lowest BCUT2D eigenvalue weighted by molar-refractivity contribution is -0.122. The molecule has 0 radical (unpaired) electrons. The fraction of sp³-hybridized carbons (Fsp3) is 0.333. The van der Waals surface area contributed by atoms with Crippen LogP contribution < -0.4 is 10.6 Å². The minimum atomic E-state index is -0.550. The van der Waals surface area contributed by atoms with E-state index in [1.807, 2.05) is 13.0 Å². The van der Waals surface area contributed by atoms with Gasteiger partial charge < -0.3 is 10.6 Å². The first-order valence-corrected chi connectivity index (χ1v) is 6.04. The molecule has 1 aromatic rings. The highest BCUT2D eigenvalue weighted by Gasteiger charge is 2.16. The first kappa shape index (κ1) is 13.7. The van der Waals surface area contributed by atoms with Gasteiger partial charge >= 0.3 is 0 Å². The van der Waals surface area contributed by atoms with Crippen LogP contribution in [0, 0.1) is 6.92 Å². The van der Waals surface area contributed by atoms with Gasteiger partial charge in [0.2, 0.25) is 5.91 Å². The minimum absolute atomic E-state index is 0.217. The van der Waals surface area contributed by atoms with Gasteiger partial charge in [0.05, 0.1) is 0 Å². The molecule has 17 heavy (non-hydrogen) atoms. The van der Waals surface area contributed by atoms with Gasteiger partial charge in [0.15, 0.2) is 0 Å². The van der Waals surface area contributed by atoms with E-state index >= 15 is 0 Å². The van der Waals surface area contributed by atoms with Crippen LogP contribution in [0.1, 0.15) is 22.8 Å². The summed E-state index contributed by atoms with van der Waals surface area (Å²) in [5.74, 6) is -0.467. The first-order chi connectivity index (χ1) is 7.97. The van der Waals surface area contributed by atoms with Crippen LogP contribution in [0.15, 0.2) is 22.7 Å². The van der Waals surface area contributed by atoms with E-state index in [1.54, 1.807) is 19.1 Å². The third-order valence-corrected chi connectivity index (χ3v) is 3.36. The van der Waals surface area contributed by atoms with Crippen molar-refractivity contribution in [1.82, 2.24) is 10.6 Å². The molecule has 5 heteroatoms. The second kappa shape index (κ2) is 5.82. The number of carbonyl (C=O) groups is 2. The summed E-state index contributed by atoms with van der Waals surface area (Å²) in [6, 6.07) is 4.84. The highest BCUT2D eigenvalue weighted by molar-refractivity contribution is 9.10. The third kappa shape index (κ3) is 3.30. The molecule has 1 unspecified atom stereocenters. The molecule has 2 N–H and O–H groups in total. The van der Waals surface area contributed by atoms with Crippen molar-refractivity contribution in [1.29, 1.82) is 0 Å². The highest BCUT2D eigenvalue weighted by Crippen LogP contribution is 2.19. The number of likely N-dealkylation sites (N-methyl/N-ethyl adjacent to an activating group) is 1. The van der Waals surface area contributed by atoms with Gasteiger partial charge in [-0.3, -0.25) is 9.59 Å². The number of rotatable bonds is 3. The molecule has 2 amide bonds. The molecule has 0 spiro atoms. The zero-order chi connectivity index (χ0) is 13.0. The molecule has 1 atom stereocenters. The van der Waals surface area contributed by atoms with Gasteiger partial charge in [-0.2, -0.15) is 0 Å². The van der Waals surface area contributed by atoms with E-state index in [9.17, 15) is 9.59 Å². The SMILES string of the molecule is CNC(=O)C(C)NC(=O)c1cccc(Br)c1C. The predicted octanol–water partition coefficient (Wildman–Crippen LogP) is 1.62. The maximum atomic E-state index is 11.9. The molecule has 0 aliphatic rings. The second-order valence-electron chi connectivity index (χ2n) is 3.72. The summed E-state index contributed by atoms with van der Waals surface area (Å²) < 4.78 is 0.873. The summed E-state index contributed by atoms with van der Waals surface area (Å²) >= 11 is 3.36. The minimum Gasteiger partial charge on any atom is -0.357 e. The van der Waals surface area contributed by atoms with E-state index in [-0.39, 0.29) is 11.8 Å². The van der Waals surface area contributed by atoms with E-state index in [0.29, 0.717) is 5.56 Å². The maximum absolute atomic E-state index is 11.9. The molecular formula is C12H15BrN2O2. The molecule has 0 saturated heterocycles. The lowest BCUT2D eigenvalue weighted by Crippen LogP contribution is -2.43. The Morgan fingerprint density at radius 2 is 2.00 bits per heavy atom. The summed E-state index contributed by atoms with van der Waals surface area (Å²) in [6.07, 6.45) is 0. The quantitative estimate of drug-likeness (QED) is 0.891. The van der Waals surface area contributed by atoms with Crippen molar-refractivity contribution in [2.75, 3.05) is 7.05 Å². The average molecular weight is 299 g/mol. The van der Waals surface area contributed by atoms with Crippen LogP contribution in [0.25, 0.3) is 0 Å². The van der Waals surface area contributed by atoms with Gasteiger partial charge in [0.1, 0.15) is 6.04 Å². The number of halogens is 1. The van der Waals surface area contributed by atoms with E-state index < -0.39 is 6.04 Å². The normalized spacial score (nSPS) is 11.8. The van der Waals surface area contributed by atoms with Gasteiger partial charge in [-0.15, -0.1) is 0 Å². The Morgan fingerprint density at radius 1 is 1.35 bits per heavy atom. The second-order valence-corrected chi connectivity index (χ2v) is 4.58. The third-order valence-electron chi connectivity index (χ3n) is 2.50. The van der Waals surface area contributed by atoms with Gasteiger partial charge in [-0.05, 0) is 31.5 Å². The Bertz CT molecular complexity index is 446. The van der Waals surface area contributed by atoms with Crippen LogP contribution in [0.2, 0.25) is 0 Å². The largest absolute Gasteiger partial charge is 0.357 e. The molecule has 0 fully saturated rings. The van der Waals surface area contributed by atoms with Crippen LogP contribution in [-0.2, 0) is 4.79 Å². The molecule has 0 bridgehead atoms. The zero-order valence-electron chi connectivity index (χ0n) is 10.0. The van der Waals surface area contributed by atoms with Crippen molar-refractivity contribution in [2.24, 2.45) is 0 Å². The Kier molecular flexibility index (Phi) is 4.69. The first-order valence-electron chi connectivity index (χ1n) is 5.25. The number of benzene rings is 1. The Morgan fingerprint density at radius 3 is 2.59 bits per heavy atom. The van der Waals surface area contributed by atoms with E-state index in [1.165, 1.54) is 7.05 Å². The Hall–Kier alpha value is -1.36. The molecule has 4 nitrogen and oxygen atoms in total. The summed E-state index contributed by atoms with van der Waals surface area (Å²) in [6.45, 7) is 3.49. The van der Waals surface area contributed by atoms with Crippen molar-refractivity contribution in [3.63, 3.8) is 0 Å². The molecule has 0 heterocycles. The molecule has 0 aliphatic carbocycles. The number of hydrogen-bond donors (Lipinski definition) is 2. The Labute approximate surface area is 109 Å². The highest BCUT2D eigenvalue weighted by atomic mass is 79.9. The molecule has 0 aliphatic heterocycles. The van der Waals surface area contributed by atoms with Gasteiger partial charge in [-0.1, -0.05) is 22.0 Å². The average Bonchev–Trinajstić information content (AvgIpc) is 2.31. The van der Waals surface area contributed by atoms with Crippen LogP contribution >= 0.6 is 15.9 Å². The standard InChI is InChI=1S/C12H15BrN2O2/c1-7-9(5-4-6-10(7)13)12(17)15-8(2)11(16)14-3/h4-6,8H,1-3H3,(H,14,16)(H,15,17).